The second-order valence-corrected chi connectivity index (χ2v) is 10.7. The number of phenolic OH excluding ortho intramolecular Hbond substituents is 1. The van der Waals surface area contributed by atoms with E-state index in [0.29, 0.717) is 28.9 Å². The van der Waals surface area contributed by atoms with Gasteiger partial charge in [-0.2, -0.15) is 0 Å². The number of ketones is 1. The maximum atomic E-state index is 13.1. The number of nitrogens with zero attached hydrogens (tertiary/aromatic N) is 1. The molecule has 1 N–H and O–H groups in total. The Morgan fingerprint density at radius 2 is 1.83 bits per heavy atom. The Morgan fingerprint density at radius 1 is 1.03 bits per heavy atom. The van der Waals surface area contributed by atoms with Gasteiger partial charge in [-0.25, -0.2) is 0 Å². The molecule has 1 aliphatic heterocycles. The van der Waals surface area contributed by atoms with Crippen LogP contribution in [0.1, 0.15) is 43.8 Å². The first kappa shape index (κ1) is 21.9. The standard InChI is InChI=1S/C29H21NO3S2/c1-17-19-14-20(23(31)16-24(19)33-29(17)28(32)18-8-3-2-4-9-18)22-15-27(26-12-7-13-34-26)35-25-11-6-5-10-21(25)30-22/h2-14,16,27,31H,15H2,1H3. The third-order valence-electron chi connectivity index (χ3n) is 6.24. The summed E-state index contributed by atoms with van der Waals surface area (Å²) in [4.78, 5) is 20.5. The molecular weight excluding hydrogens is 474 g/mol. The topological polar surface area (TPSA) is 62.8 Å². The van der Waals surface area contributed by atoms with Crippen LogP contribution in [0, 0.1) is 6.92 Å². The molecule has 0 radical (unpaired) electrons. The van der Waals surface area contributed by atoms with Crippen LogP contribution in [0.3, 0.4) is 0 Å². The number of aliphatic imine (C=N–C) groups is 1. The molecule has 0 spiro atoms. The van der Waals surface area contributed by atoms with Crippen molar-refractivity contribution >= 4 is 51.3 Å². The van der Waals surface area contributed by atoms with Crippen LogP contribution in [-0.4, -0.2) is 16.6 Å². The molecule has 35 heavy (non-hydrogen) atoms. The SMILES string of the molecule is Cc1c(C(=O)c2ccccc2)oc2cc(O)c(C3=Nc4ccccc4SC(c4cccs4)C3)cc12. The van der Waals surface area contributed by atoms with E-state index in [2.05, 4.69) is 23.6 Å². The van der Waals surface area contributed by atoms with Gasteiger partial charge >= 0.3 is 0 Å². The molecule has 1 unspecified atom stereocenters. The summed E-state index contributed by atoms with van der Waals surface area (Å²) < 4.78 is 5.95. The molecule has 0 bridgehead atoms. The van der Waals surface area contributed by atoms with Crippen LogP contribution in [0.5, 0.6) is 5.75 Å². The number of rotatable bonds is 4. The largest absolute Gasteiger partial charge is 0.507 e. The van der Waals surface area contributed by atoms with E-state index in [-0.39, 0.29) is 16.8 Å². The van der Waals surface area contributed by atoms with Crippen LogP contribution < -0.4 is 0 Å². The second kappa shape index (κ2) is 8.87. The summed E-state index contributed by atoms with van der Waals surface area (Å²) >= 11 is 3.54. The van der Waals surface area contributed by atoms with Gasteiger partial charge in [0.1, 0.15) is 11.3 Å². The molecule has 0 amide bonds. The minimum atomic E-state index is -0.171. The smallest absolute Gasteiger partial charge is 0.228 e. The molecule has 0 fully saturated rings. The number of hydrogen-bond donors (Lipinski definition) is 1. The summed E-state index contributed by atoms with van der Waals surface area (Å²) in [6.45, 7) is 1.89. The Balaban J connectivity index is 1.47. The third-order valence-corrected chi connectivity index (χ3v) is 8.68. The van der Waals surface area contributed by atoms with Crippen LogP contribution in [0.4, 0.5) is 5.69 Å². The van der Waals surface area contributed by atoms with Crippen molar-refractivity contribution < 1.29 is 14.3 Å². The van der Waals surface area contributed by atoms with Crippen molar-refractivity contribution in [2.24, 2.45) is 4.99 Å². The van der Waals surface area contributed by atoms with Gasteiger partial charge in [-0.05, 0) is 36.6 Å². The average Bonchev–Trinajstić information content (AvgIpc) is 3.47. The lowest BCUT2D eigenvalue weighted by atomic mass is 9.99. The molecule has 1 atom stereocenters. The number of thioether (sulfide) groups is 1. The zero-order valence-electron chi connectivity index (χ0n) is 18.9. The lowest BCUT2D eigenvalue weighted by molar-refractivity contribution is 0.101. The van der Waals surface area contributed by atoms with Gasteiger partial charge in [-0.15, -0.1) is 23.1 Å². The fraction of sp³-hybridized carbons (Fsp3) is 0.103. The molecular formula is C29H21NO3S2. The second-order valence-electron chi connectivity index (χ2n) is 8.47. The van der Waals surface area contributed by atoms with E-state index in [1.165, 1.54) is 4.88 Å². The van der Waals surface area contributed by atoms with Crippen LogP contribution in [-0.2, 0) is 0 Å². The molecule has 0 saturated heterocycles. The van der Waals surface area contributed by atoms with E-state index in [9.17, 15) is 9.90 Å². The van der Waals surface area contributed by atoms with Gasteiger partial charge in [-0.1, -0.05) is 48.5 Å². The van der Waals surface area contributed by atoms with Crippen LogP contribution in [0.2, 0.25) is 0 Å². The first-order chi connectivity index (χ1) is 17.1. The Morgan fingerprint density at radius 3 is 2.63 bits per heavy atom. The highest BCUT2D eigenvalue weighted by Crippen LogP contribution is 2.47. The molecule has 172 valence electrons. The fourth-order valence-corrected chi connectivity index (χ4v) is 6.59. The van der Waals surface area contributed by atoms with Gasteiger partial charge < -0.3 is 9.52 Å². The molecule has 3 heterocycles. The number of thiophene rings is 1. The minimum Gasteiger partial charge on any atom is -0.507 e. The molecule has 1 aliphatic rings. The Kier molecular flexibility index (Phi) is 5.55. The van der Waals surface area contributed by atoms with Gasteiger partial charge in [0.05, 0.1) is 11.4 Å². The average molecular weight is 496 g/mol. The Labute approximate surface area is 211 Å². The van der Waals surface area contributed by atoms with Crippen molar-refractivity contribution in [1.82, 2.24) is 0 Å². The number of phenols is 1. The summed E-state index contributed by atoms with van der Waals surface area (Å²) in [6.07, 6.45) is 0.672. The van der Waals surface area contributed by atoms with Gasteiger partial charge in [-0.3, -0.25) is 9.79 Å². The van der Waals surface area contributed by atoms with E-state index in [1.54, 1.807) is 41.3 Å². The highest BCUT2D eigenvalue weighted by atomic mass is 32.2. The summed E-state index contributed by atoms with van der Waals surface area (Å²) in [5.74, 6) is 0.219. The van der Waals surface area contributed by atoms with Gasteiger partial charge in [0, 0.05) is 49.6 Å². The van der Waals surface area contributed by atoms with Gasteiger partial charge in [0.25, 0.3) is 0 Å². The van der Waals surface area contributed by atoms with Crippen molar-refractivity contribution in [3.05, 3.63) is 112 Å². The molecule has 5 aromatic rings. The maximum absolute atomic E-state index is 13.1. The minimum absolute atomic E-state index is 0.0954. The number of aromatic hydroxyl groups is 1. The fourth-order valence-electron chi connectivity index (χ4n) is 4.44. The summed E-state index contributed by atoms with van der Waals surface area (Å²) in [5, 5.41) is 14.1. The van der Waals surface area contributed by atoms with E-state index >= 15 is 0 Å². The molecule has 2 aromatic heterocycles. The first-order valence-corrected chi connectivity index (χ1v) is 13.1. The van der Waals surface area contributed by atoms with E-state index < -0.39 is 0 Å². The number of benzene rings is 3. The van der Waals surface area contributed by atoms with Gasteiger partial charge in [0.15, 0.2) is 5.76 Å². The number of para-hydroxylation sites is 1. The molecule has 4 nitrogen and oxygen atoms in total. The lowest BCUT2D eigenvalue weighted by Crippen LogP contribution is -2.05. The lowest BCUT2D eigenvalue weighted by Gasteiger charge is -2.14. The van der Waals surface area contributed by atoms with Crippen LogP contribution in [0.25, 0.3) is 11.0 Å². The van der Waals surface area contributed by atoms with Crippen molar-refractivity contribution in [2.75, 3.05) is 0 Å². The molecule has 3 aromatic carbocycles. The zero-order chi connectivity index (χ0) is 23.9. The maximum Gasteiger partial charge on any atom is 0.228 e. The normalized spacial score (nSPS) is 15.5. The highest BCUT2D eigenvalue weighted by Gasteiger charge is 2.26. The Bertz CT molecular complexity index is 1580. The number of aryl methyl sites for hydroxylation is 1. The quantitative estimate of drug-likeness (QED) is 0.256. The van der Waals surface area contributed by atoms with Crippen LogP contribution in [0.15, 0.2) is 98.5 Å². The number of carbonyl (C=O) groups is 1. The predicted molar refractivity (Wildman–Crippen MR) is 143 cm³/mol. The summed E-state index contributed by atoms with van der Waals surface area (Å²) in [5.41, 5.74) is 4.20. The predicted octanol–water partition coefficient (Wildman–Crippen LogP) is 8.10. The number of furan rings is 1. The number of carbonyl (C=O) groups excluding carboxylic acids is 1. The first-order valence-electron chi connectivity index (χ1n) is 11.3. The summed E-state index contributed by atoms with van der Waals surface area (Å²) in [7, 11) is 0. The van der Waals surface area contributed by atoms with Crippen molar-refractivity contribution in [1.29, 1.82) is 0 Å². The zero-order valence-corrected chi connectivity index (χ0v) is 20.5. The molecule has 0 saturated carbocycles. The highest BCUT2D eigenvalue weighted by molar-refractivity contribution is 7.99. The number of hydrogen-bond acceptors (Lipinski definition) is 6. The van der Waals surface area contributed by atoms with E-state index in [4.69, 9.17) is 9.41 Å². The molecule has 6 heteroatoms. The third kappa shape index (κ3) is 3.99. The Hall–Kier alpha value is -3.61. The van der Waals surface area contributed by atoms with E-state index in [0.717, 1.165) is 27.2 Å². The monoisotopic (exact) mass is 495 g/mol. The molecule has 6 rings (SSSR count). The van der Waals surface area contributed by atoms with Gasteiger partial charge in [0.2, 0.25) is 5.78 Å². The van der Waals surface area contributed by atoms with Crippen molar-refractivity contribution in [2.45, 2.75) is 23.5 Å². The number of fused-ring (bicyclic) bond motifs is 2. The van der Waals surface area contributed by atoms with E-state index in [1.807, 2.05) is 49.4 Å². The van der Waals surface area contributed by atoms with Crippen LogP contribution >= 0.6 is 23.1 Å². The molecule has 0 aliphatic carbocycles. The van der Waals surface area contributed by atoms with Crippen molar-refractivity contribution in [3.63, 3.8) is 0 Å². The summed E-state index contributed by atoms with van der Waals surface area (Å²) in [6, 6.07) is 24.9. The van der Waals surface area contributed by atoms with Crippen molar-refractivity contribution in [3.8, 4) is 5.75 Å².